The lowest BCUT2D eigenvalue weighted by atomic mass is 10.0. The number of rotatable bonds is 4. The van der Waals surface area contributed by atoms with Gasteiger partial charge in [-0.15, -0.1) is 0 Å². The van der Waals surface area contributed by atoms with Crippen LogP contribution in [0.4, 0.5) is 0 Å². The van der Waals surface area contributed by atoms with Gasteiger partial charge in [0.2, 0.25) is 0 Å². The lowest BCUT2D eigenvalue weighted by Crippen LogP contribution is -2.19. The van der Waals surface area contributed by atoms with Crippen LogP contribution in [-0.4, -0.2) is 17.2 Å². The Bertz CT molecular complexity index is 519. The Morgan fingerprint density at radius 3 is 2.78 bits per heavy atom. The van der Waals surface area contributed by atoms with E-state index in [-0.39, 0.29) is 6.04 Å². The van der Waals surface area contributed by atoms with Gasteiger partial charge in [-0.05, 0) is 42.8 Å². The summed E-state index contributed by atoms with van der Waals surface area (Å²) in [7, 11) is 1.93. The molecule has 0 bridgehead atoms. The second-order valence-electron chi connectivity index (χ2n) is 3.96. The average Bonchev–Trinajstić information content (AvgIpc) is 2.39. The summed E-state index contributed by atoms with van der Waals surface area (Å²) in [5, 5.41) is 11.7. The number of hydrogen-bond donors (Lipinski definition) is 1. The molecule has 0 spiro atoms. The van der Waals surface area contributed by atoms with Crippen LogP contribution in [-0.2, 0) is 6.42 Å². The summed E-state index contributed by atoms with van der Waals surface area (Å²) >= 11 is 9.64. The van der Waals surface area contributed by atoms with Crippen LogP contribution in [0.25, 0.3) is 0 Å². The first-order valence-corrected chi connectivity index (χ1v) is 6.75. The summed E-state index contributed by atoms with van der Waals surface area (Å²) in [4.78, 5) is 0. The van der Waals surface area contributed by atoms with Crippen molar-refractivity contribution in [2.75, 3.05) is 7.05 Å². The molecule has 3 nitrogen and oxygen atoms in total. The van der Waals surface area contributed by atoms with Crippen molar-refractivity contribution in [2.45, 2.75) is 12.5 Å². The van der Waals surface area contributed by atoms with Crippen molar-refractivity contribution in [3.05, 3.63) is 57.3 Å². The summed E-state index contributed by atoms with van der Waals surface area (Å²) < 4.78 is 0.989. The van der Waals surface area contributed by atoms with E-state index in [4.69, 9.17) is 11.6 Å². The Morgan fingerprint density at radius 1 is 1.33 bits per heavy atom. The number of aromatic nitrogens is 2. The number of nitrogens with one attached hydrogen (secondary N) is 1. The maximum atomic E-state index is 6.23. The normalized spacial score (nSPS) is 12.4. The van der Waals surface area contributed by atoms with E-state index in [1.54, 1.807) is 12.4 Å². The molecule has 0 amide bonds. The van der Waals surface area contributed by atoms with E-state index in [0.29, 0.717) is 0 Å². The fourth-order valence-corrected chi connectivity index (χ4v) is 2.55. The molecule has 1 heterocycles. The van der Waals surface area contributed by atoms with Gasteiger partial charge in [-0.2, -0.15) is 10.2 Å². The molecular formula is C13H13BrClN3. The SMILES string of the molecule is CNC(Cc1ccc(Br)cc1Cl)c1ccnnc1. The molecule has 1 N–H and O–H groups in total. The molecule has 18 heavy (non-hydrogen) atoms. The molecule has 0 aliphatic rings. The van der Waals surface area contributed by atoms with Crippen molar-refractivity contribution in [1.29, 1.82) is 0 Å². The molecule has 0 radical (unpaired) electrons. The van der Waals surface area contributed by atoms with E-state index in [1.807, 2.05) is 31.3 Å². The van der Waals surface area contributed by atoms with Gasteiger partial charge in [0.25, 0.3) is 0 Å². The van der Waals surface area contributed by atoms with Crippen LogP contribution in [0.2, 0.25) is 5.02 Å². The number of hydrogen-bond acceptors (Lipinski definition) is 3. The second-order valence-corrected chi connectivity index (χ2v) is 5.28. The van der Waals surface area contributed by atoms with Crippen molar-refractivity contribution >= 4 is 27.5 Å². The maximum Gasteiger partial charge on any atom is 0.0544 e. The summed E-state index contributed by atoms with van der Waals surface area (Å²) in [5.74, 6) is 0. The molecule has 0 aliphatic heterocycles. The minimum atomic E-state index is 0.180. The molecule has 2 aromatic rings. The van der Waals surface area contributed by atoms with Crippen LogP contribution in [0, 0.1) is 0 Å². The van der Waals surface area contributed by atoms with E-state index >= 15 is 0 Å². The summed E-state index contributed by atoms with van der Waals surface area (Å²) in [6.45, 7) is 0. The Kier molecular flexibility index (Phi) is 4.69. The third-order valence-electron chi connectivity index (χ3n) is 2.80. The van der Waals surface area contributed by atoms with Crippen LogP contribution in [0.5, 0.6) is 0 Å². The molecule has 1 unspecified atom stereocenters. The molecule has 0 fully saturated rings. The molecular weight excluding hydrogens is 314 g/mol. The predicted molar refractivity (Wildman–Crippen MR) is 76.7 cm³/mol. The number of nitrogens with zero attached hydrogens (tertiary/aromatic N) is 2. The molecule has 1 aromatic heterocycles. The van der Waals surface area contributed by atoms with Crippen molar-refractivity contribution in [3.8, 4) is 0 Å². The fourth-order valence-electron chi connectivity index (χ4n) is 1.80. The second kappa shape index (κ2) is 6.27. The zero-order valence-electron chi connectivity index (χ0n) is 9.90. The molecule has 0 saturated heterocycles. The largest absolute Gasteiger partial charge is 0.313 e. The molecule has 94 valence electrons. The first-order valence-electron chi connectivity index (χ1n) is 5.58. The zero-order valence-corrected chi connectivity index (χ0v) is 12.2. The van der Waals surface area contributed by atoms with Crippen LogP contribution in [0.1, 0.15) is 17.2 Å². The van der Waals surface area contributed by atoms with Gasteiger partial charge in [0.15, 0.2) is 0 Å². The van der Waals surface area contributed by atoms with Crippen molar-refractivity contribution in [2.24, 2.45) is 0 Å². The van der Waals surface area contributed by atoms with Crippen LogP contribution in [0.15, 0.2) is 41.1 Å². The van der Waals surface area contributed by atoms with Gasteiger partial charge >= 0.3 is 0 Å². The standard InChI is InChI=1S/C13H13BrClN3/c1-16-13(10-4-5-17-18-8-10)6-9-2-3-11(14)7-12(9)15/h2-5,7-8,13,16H,6H2,1H3. The van der Waals surface area contributed by atoms with E-state index in [9.17, 15) is 0 Å². The van der Waals surface area contributed by atoms with Gasteiger partial charge in [-0.3, -0.25) is 0 Å². The number of halogens is 2. The van der Waals surface area contributed by atoms with Crippen LogP contribution < -0.4 is 5.32 Å². The number of likely N-dealkylation sites (N-methyl/N-ethyl adjacent to an activating group) is 1. The zero-order chi connectivity index (χ0) is 13.0. The molecule has 2 rings (SSSR count). The first-order chi connectivity index (χ1) is 8.70. The summed E-state index contributed by atoms with van der Waals surface area (Å²) in [6.07, 6.45) is 4.28. The van der Waals surface area contributed by atoms with Crippen molar-refractivity contribution in [1.82, 2.24) is 15.5 Å². The van der Waals surface area contributed by atoms with Crippen molar-refractivity contribution < 1.29 is 0 Å². The molecule has 1 atom stereocenters. The van der Waals surface area contributed by atoms with E-state index in [1.165, 1.54) is 0 Å². The molecule has 0 saturated carbocycles. The smallest absolute Gasteiger partial charge is 0.0544 e. The first kappa shape index (κ1) is 13.5. The summed E-state index contributed by atoms with van der Waals surface area (Å²) in [6, 6.07) is 8.08. The lowest BCUT2D eigenvalue weighted by molar-refractivity contribution is 0.588. The van der Waals surface area contributed by atoms with Crippen LogP contribution >= 0.6 is 27.5 Å². The highest BCUT2D eigenvalue weighted by Crippen LogP contribution is 2.25. The predicted octanol–water partition coefficient (Wildman–Crippen LogP) is 3.40. The maximum absolute atomic E-state index is 6.23. The Hall–Kier alpha value is -0.970. The monoisotopic (exact) mass is 325 g/mol. The Balaban J connectivity index is 2.21. The topological polar surface area (TPSA) is 37.8 Å². The van der Waals surface area contributed by atoms with Crippen LogP contribution in [0.3, 0.4) is 0 Å². The minimum absolute atomic E-state index is 0.180. The highest BCUT2D eigenvalue weighted by atomic mass is 79.9. The van der Waals surface area contributed by atoms with E-state index < -0.39 is 0 Å². The average molecular weight is 327 g/mol. The highest BCUT2D eigenvalue weighted by molar-refractivity contribution is 9.10. The molecule has 1 aromatic carbocycles. The van der Waals surface area contributed by atoms with Gasteiger partial charge < -0.3 is 5.32 Å². The Labute approximate surface area is 120 Å². The van der Waals surface area contributed by atoms with Gasteiger partial charge in [-0.1, -0.05) is 33.6 Å². The lowest BCUT2D eigenvalue weighted by Gasteiger charge is -2.16. The summed E-state index contributed by atoms with van der Waals surface area (Å²) in [5.41, 5.74) is 2.21. The van der Waals surface area contributed by atoms with Gasteiger partial charge in [0.05, 0.1) is 6.20 Å². The van der Waals surface area contributed by atoms with E-state index in [2.05, 4.69) is 31.4 Å². The molecule has 5 heteroatoms. The molecule has 0 aliphatic carbocycles. The van der Waals surface area contributed by atoms with Gasteiger partial charge in [-0.25, -0.2) is 0 Å². The number of benzene rings is 1. The minimum Gasteiger partial charge on any atom is -0.313 e. The Morgan fingerprint density at radius 2 is 2.17 bits per heavy atom. The van der Waals surface area contributed by atoms with Crippen molar-refractivity contribution in [3.63, 3.8) is 0 Å². The van der Waals surface area contributed by atoms with Gasteiger partial charge in [0, 0.05) is 21.7 Å². The third-order valence-corrected chi connectivity index (χ3v) is 3.64. The van der Waals surface area contributed by atoms with E-state index in [0.717, 1.165) is 27.0 Å². The quantitative estimate of drug-likeness (QED) is 0.936. The highest BCUT2D eigenvalue weighted by Gasteiger charge is 2.12. The van der Waals surface area contributed by atoms with Gasteiger partial charge in [0.1, 0.15) is 0 Å². The third kappa shape index (κ3) is 3.28. The fraction of sp³-hybridized carbons (Fsp3) is 0.231.